The molecule has 68 valence electrons. The van der Waals surface area contributed by atoms with Crippen LogP contribution < -0.4 is 0 Å². The molecule has 0 aromatic heterocycles. The topological polar surface area (TPSA) is 55.7 Å². The Hall–Kier alpha value is -1.49. The van der Waals surface area contributed by atoms with Gasteiger partial charge in [0.25, 0.3) is 0 Å². The summed E-state index contributed by atoms with van der Waals surface area (Å²) >= 11 is -0.155. The molecule has 0 aliphatic heterocycles. The number of amides is 1. The van der Waals surface area contributed by atoms with Crippen molar-refractivity contribution in [3.8, 4) is 0 Å². The van der Waals surface area contributed by atoms with Crippen LogP contribution in [0.25, 0.3) is 0 Å². The van der Waals surface area contributed by atoms with Crippen molar-refractivity contribution >= 4 is 17.6 Å². The second-order valence-electron chi connectivity index (χ2n) is 2.21. The summed E-state index contributed by atoms with van der Waals surface area (Å²) in [6.07, 6.45) is -0.844. The van der Waals surface area contributed by atoms with Gasteiger partial charge in [-0.05, 0) is 5.56 Å². The summed E-state index contributed by atoms with van der Waals surface area (Å²) in [4.78, 5) is 10.6. The molecule has 0 unspecified atom stereocenters. The third kappa shape index (κ3) is 3.62. The van der Waals surface area contributed by atoms with E-state index in [9.17, 15) is 9.00 Å². The van der Waals surface area contributed by atoms with Crippen molar-refractivity contribution < 1.29 is 13.7 Å². The number of hydrogen-bond acceptors (Lipinski definition) is 3. The Morgan fingerprint density at radius 3 is 2.69 bits per heavy atom. The van der Waals surface area contributed by atoms with Gasteiger partial charge < -0.3 is 4.74 Å². The molecule has 1 aromatic carbocycles. The summed E-state index contributed by atoms with van der Waals surface area (Å²) < 4.78 is 17.4. The van der Waals surface area contributed by atoms with E-state index in [1.165, 1.54) is 0 Å². The first-order valence-corrected chi connectivity index (χ1v) is 4.23. The minimum absolute atomic E-state index is 0.143. The van der Waals surface area contributed by atoms with E-state index in [2.05, 4.69) is 9.10 Å². The zero-order valence-corrected chi connectivity index (χ0v) is 7.49. The van der Waals surface area contributed by atoms with Crippen molar-refractivity contribution in [1.82, 2.24) is 0 Å². The van der Waals surface area contributed by atoms with Crippen molar-refractivity contribution in [3.63, 3.8) is 0 Å². The maximum atomic E-state index is 10.6. The van der Waals surface area contributed by atoms with Crippen molar-refractivity contribution in [3.05, 3.63) is 35.9 Å². The Balaban J connectivity index is 2.44. The maximum absolute atomic E-state index is 10.6. The lowest BCUT2D eigenvalue weighted by Gasteiger charge is -1.98. The molecule has 0 atom stereocenters. The lowest BCUT2D eigenvalue weighted by Crippen LogP contribution is -1.97. The number of carbonyl (C=O) groups excluding carboxylic acids is 1. The monoisotopic (exact) mass is 197 g/mol. The molecular formula is C8H7NO3S. The molecule has 1 amide bonds. The van der Waals surface area contributed by atoms with Gasteiger partial charge in [-0.25, -0.2) is 4.79 Å². The number of ether oxygens (including phenoxy) is 1. The standard InChI is InChI=1S/C8H7NO3S/c10-8(9-13-11)12-6-7-4-2-1-3-5-7/h1-5H,6H2. The maximum Gasteiger partial charge on any atom is 0.447 e. The SMILES string of the molecule is O=S=NC(=O)OCc1ccccc1. The lowest BCUT2D eigenvalue weighted by atomic mass is 10.2. The van der Waals surface area contributed by atoms with Gasteiger partial charge in [-0.2, -0.15) is 4.21 Å². The molecule has 0 N–H and O–H groups in total. The van der Waals surface area contributed by atoms with Gasteiger partial charge in [0.1, 0.15) is 6.61 Å². The minimum Gasteiger partial charge on any atom is -0.442 e. The van der Waals surface area contributed by atoms with Crippen LogP contribution in [0.15, 0.2) is 34.7 Å². The number of nitrogens with zero attached hydrogens (tertiary/aromatic N) is 1. The van der Waals surface area contributed by atoms with E-state index >= 15 is 0 Å². The van der Waals surface area contributed by atoms with Crippen LogP contribution in [0.2, 0.25) is 0 Å². The molecule has 5 heteroatoms. The number of rotatable bonds is 2. The molecule has 0 bridgehead atoms. The highest BCUT2D eigenvalue weighted by Crippen LogP contribution is 2.00. The third-order valence-electron chi connectivity index (χ3n) is 1.32. The highest BCUT2D eigenvalue weighted by atomic mass is 32.1. The molecule has 13 heavy (non-hydrogen) atoms. The van der Waals surface area contributed by atoms with Gasteiger partial charge in [-0.1, -0.05) is 34.7 Å². The van der Waals surface area contributed by atoms with Gasteiger partial charge in [0.05, 0.1) is 0 Å². The molecule has 0 radical (unpaired) electrons. The van der Waals surface area contributed by atoms with Gasteiger partial charge in [-0.15, -0.1) is 0 Å². The molecule has 0 aliphatic rings. The van der Waals surface area contributed by atoms with Crippen molar-refractivity contribution in [2.24, 2.45) is 4.36 Å². The lowest BCUT2D eigenvalue weighted by molar-refractivity contribution is 0.151. The van der Waals surface area contributed by atoms with Crippen LogP contribution in [0.4, 0.5) is 4.79 Å². The molecule has 0 heterocycles. The predicted octanol–water partition coefficient (Wildman–Crippen LogP) is 1.72. The summed E-state index contributed by atoms with van der Waals surface area (Å²) in [5.41, 5.74) is 0.863. The van der Waals surface area contributed by atoms with E-state index in [0.717, 1.165) is 5.56 Å². The quantitative estimate of drug-likeness (QED) is 0.725. The van der Waals surface area contributed by atoms with Crippen LogP contribution >= 0.6 is 0 Å². The molecule has 4 nitrogen and oxygen atoms in total. The Morgan fingerprint density at radius 2 is 2.08 bits per heavy atom. The van der Waals surface area contributed by atoms with Crippen LogP contribution in [0, 0.1) is 0 Å². The van der Waals surface area contributed by atoms with E-state index in [4.69, 9.17) is 0 Å². The smallest absolute Gasteiger partial charge is 0.442 e. The molecular weight excluding hydrogens is 190 g/mol. The van der Waals surface area contributed by atoms with E-state index in [1.807, 2.05) is 30.3 Å². The van der Waals surface area contributed by atoms with Crippen molar-refractivity contribution in [2.75, 3.05) is 0 Å². The van der Waals surface area contributed by atoms with Crippen LogP contribution in [0.1, 0.15) is 5.56 Å². The normalized spacial score (nSPS) is 8.92. The van der Waals surface area contributed by atoms with Crippen molar-refractivity contribution in [2.45, 2.75) is 6.61 Å². The van der Waals surface area contributed by atoms with Crippen LogP contribution in [0.3, 0.4) is 0 Å². The summed E-state index contributed by atoms with van der Waals surface area (Å²) in [5.74, 6) is 0. The Bertz CT molecular complexity index is 333. The average molecular weight is 197 g/mol. The second kappa shape index (κ2) is 5.21. The number of hydrogen-bond donors (Lipinski definition) is 0. The van der Waals surface area contributed by atoms with Crippen LogP contribution in [-0.2, 0) is 22.8 Å². The molecule has 1 rings (SSSR count). The average Bonchev–Trinajstić information content (AvgIpc) is 2.17. The third-order valence-corrected chi connectivity index (χ3v) is 1.54. The molecule has 1 aromatic rings. The highest BCUT2D eigenvalue weighted by molar-refractivity contribution is 7.55. The molecule has 0 saturated heterocycles. The summed E-state index contributed by atoms with van der Waals surface area (Å²) in [5, 5.41) is 0. The first-order valence-electron chi connectivity index (χ1n) is 3.53. The summed E-state index contributed by atoms with van der Waals surface area (Å²) in [6.45, 7) is 0.143. The van der Waals surface area contributed by atoms with Crippen molar-refractivity contribution in [1.29, 1.82) is 0 Å². The fourth-order valence-corrected chi connectivity index (χ4v) is 0.890. The van der Waals surface area contributed by atoms with Gasteiger partial charge in [0.15, 0.2) is 0 Å². The first kappa shape index (κ1) is 9.60. The minimum atomic E-state index is -0.844. The van der Waals surface area contributed by atoms with Gasteiger partial charge >= 0.3 is 6.09 Å². The molecule has 0 spiro atoms. The first-order chi connectivity index (χ1) is 6.33. The van der Waals surface area contributed by atoms with Gasteiger partial charge in [0, 0.05) is 0 Å². The fraction of sp³-hybridized carbons (Fsp3) is 0.125. The number of benzene rings is 1. The Morgan fingerprint density at radius 1 is 1.38 bits per heavy atom. The van der Waals surface area contributed by atoms with Crippen LogP contribution in [0.5, 0.6) is 0 Å². The largest absolute Gasteiger partial charge is 0.447 e. The van der Waals surface area contributed by atoms with E-state index in [0.29, 0.717) is 0 Å². The summed E-state index contributed by atoms with van der Waals surface area (Å²) in [6, 6.07) is 9.17. The predicted molar refractivity (Wildman–Crippen MR) is 47.2 cm³/mol. The fourth-order valence-electron chi connectivity index (χ4n) is 0.776. The molecule has 0 fully saturated rings. The molecule has 0 aliphatic carbocycles. The zero-order chi connectivity index (χ0) is 9.52. The molecule has 0 saturated carbocycles. The number of carbonyl (C=O) groups is 1. The Labute approximate surface area is 78.8 Å². The summed E-state index contributed by atoms with van der Waals surface area (Å²) in [7, 11) is 0. The van der Waals surface area contributed by atoms with Gasteiger partial charge in [-0.3, -0.25) is 0 Å². The van der Waals surface area contributed by atoms with E-state index in [1.54, 1.807) is 0 Å². The zero-order valence-electron chi connectivity index (χ0n) is 6.67. The highest BCUT2D eigenvalue weighted by Gasteiger charge is 1.98. The van der Waals surface area contributed by atoms with Crippen LogP contribution in [-0.4, -0.2) is 10.3 Å². The Kier molecular flexibility index (Phi) is 3.84. The van der Waals surface area contributed by atoms with E-state index < -0.39 is 6.09 Å². The van der Waals surface area contributed by atoms with E-state index in [-0.39, 0.29) is 18.1 Å². The van der Waals surface area contributed by atoms with Gasteiger partial charge in [0.2, 0.25) is 11.5 Å². The second-order valence-corrected chi connectivity index (χ2v) is 2.54.